The molecule has 114 valence electrons. The number of rotatable bonds is 11. The molecule has 1 N–H and O–H groups in total. The van der Waals surface area contributed by atoms with Crippen molar-refractivity contribution in [2.75, 3.05) is 12.3 Å². The van der Waals surface area contributed by atoms with Gasteiger partial charge in [0, 0.05) is 16.7 Å². The second kappa shape index (κ2) is 11.2. The molecule has 0 saturated carbocycles. The SMILES string of the molecule is CCCCCCCC(CSc1ccc(C)cc1)NCC. The Morgan fingerprint density at radius 2 is 1.70 bits per heavy atom. The fraction of sp³-hybridized carbons (Fsp3) is 0.667. The minimum absolute atomic E-state index is 0.660. The van der Waals surface area contributed by atoms with Gasteiger partial charge in [0.1, 0.15) is 0 Å². The van der Waals surface area contributed by atoms with Crippen molar-refractivity contribution in [3.8, 4) is 0 Å². The van der Waals surface area contributed by atoms with Crippen LogP contribution in [0.3, 0.4) is 0 Å². The molecule has 0 aliphatic carbocycles. The van der Waals surface area contributed by atoms with Gasteiger partial charge in [0.25, 0.3) is 0 Å². The van der Waals surface area contributed by atoms with Crippen LogP contribution in [0.5, 0.6) is 0 Å². The van der Waals surface area contributed by atoms with Crippen molar-refractivity contribution in [3.63, 3.8) is 0 Å². The lowest BCUT2D eigenvalue weighted by molar-refractivity contribution is 0.496. The molecule has 1 atom stereocenters. The third-order valence-corrected chi connectivity index (χ3v) is 4.80. The Morgan fingerprint density at radius 1 is 1.00 bits per heavy atom. The summed E-state index contributed by atoms with van der Waals surface area (Å²) in [5.74, 6) is 1.19. The number of nitrogens with one attached hydrogen (secondary N) is 1. The van der Waals surface area contributed by atoms with Crippen LogP contribution >= 0.6 is 11.8 Å². The highest BCUT2D eigenvalue weighted by atomic mass is 32.2. The molecule has 0 aliphatic heterocycles. The normalized spacial score (nSPS) is 12.6. The van der Waals surface area contributed by atoms with E-state index in [0.717, 1.165) is 6.54 Å². The summed E-state index contributed by atoms with van der Waals surface area (Å²) in [6.07, 6.45) is 8.21. The van der Waals surface area contributed by atoms with Crippen molar-refractivity contribution in [3.05, 3.63) is 29.8 Å². The first-order valence-corrected chi connectivity index (χ1v) is 9.17. The maximum atomic E-state index is 3.63. The molecule has 1 aromatic carbocycles. The van der Waals surface area contributed by atoms with Gasteiger partial charge in [-0.2, -0.15) is 0 Å². The molecule has 0 aromatic heterocycles. The molecule has 1 aromatic rings. The number of thioether (sulfide) groups is 1. The molecule has 20 heavy (non-hydrogen) atoms. The average molecular weight is 294 g/mol. The summed E-state index contributed by atoms with van der Waals surface area (Å²) >= 11 is 1.98. The van der Waals surface area contributed by atoms with Crippen LogP contribution in [-0.4, -0.2) is 18.3 Å². The Labute approximate surface area is 129 Å². The summed E-state index contributed by atoms with van der Waals surface area (Å²) in [7, 11) is 0. The van der Waals surface area contributed by atoms with E-state index in [1.807, 2.05) is 11.8 Å². The van der Waals surface area contributed by atoms with Crippen molar-refractivity contribution >= 4 is 11.8 Å². The van der Waals surface area contributed by atoms with Crippen molar-refractivity contribution in [1.82, 2.24) is 5.32 Å². The molecule has 0 saturated heterocycles. The highest BCUT2D eigenvalue weighted by molar-refractivity contribution is 7.99. The maximum Gasteiger partial charge on any atom is 0.0161 e. The lowest BCUT2D eigenvalue weighted by Crippen LogP contribution is -2.31. The zero-order valence-corrected chi connectivity index (χ0v) is 14.3. The highest BCUT2D eigenvalue weighted by Gasteiger charge is 2.07. The minimum atomic E-state index is 0.660. The molecule has 0 radical (unpaired) electrons. The van der Waals surface area contributed by atoms with E-state index in [-0.39, 0.29) is 0 Å². The van der Waals surface area contributed by atoms with E-state index < -0.39 is 0 Å². The van der Waals surface area contributed by atoms with E-state index in [1.54, 1.807) is 0 Å². The van der Waals surface area contributed by atoms with Gasteiger partial charge < -0.3 is 5.32 Å². The van der Waals surface area contributed by atoms with Crippen LogP contribution in [0.2, 0.25) is 0 Å². The van der Waals surface area contributed by atoms with Gasteiger partial charge in [-0.25, -0.2) is 0 Å². The van der Waals surface area contributed by atoms with E-state index in [0.29, 0.717) is 6.04 Å². The third kappa shape index (κ3) is 7.96. The molecule has 1 rings (SSSR count). The number of benzene rings is 1. The summed E-state index contributed by atoms with van der Waals surface area (Å²) in [5, 5.41) is 3.63. The molecular formula is C18H31NS. The molecule has 0 amide bonds. The molecule has 0 bridgehead atoms. The Hall–Kier alpha value is -0.470. The first kappa shape index (κ1) is 17.6. The molecular weight excluding hydrogens is 262 g/mol. The first-order chi connectivity index (χ1) is 9.76. The standard InChI is InChI=1S/C18H31NS/c1-4-6-7-8-9-10-17(19-5-2)15-20-18-13-11-16(3)12-14-18/h11-14,17,19H,4-10,15H2,1-3H3. The van der Waals surface area contributed by atoms with Crippen LogP contribution in [0.4, 0.5) is 0 Å². The van der Waals surface area contributed by atoms with Crippen molar-refractivity contribution < 1.29 is 0 Å². The lowest BCUT2D eigenvalue weighted by Gasteiger charge is -2.17. The van der Waals surface area contributed by atoms with E-state index in [1.165, 1.54) is 54.7 Å². The second-order valence-corrected chi connectivity index (χ2v) is 6.67. The topological polar surface area (TPSA) is 12.0 Å². The Morgan fingerprint density at radius 3 is 2.35 bits per heavy atom. The fourth-order valence-corrected chi connectivity index (χ4v) is 3.37. The highest BCUT2D eigenvalue weighted by Crippen LogP contribution is 2.21. The van der Waals surface area contributed by atoms with Gasteiger partial charge >= 0.3 is 0 Å². The van der Waals surface area contributed by atoms with Gasteiger partial charge in [-0.3, -0.25) is 0 Å². The zero-order chi connectivity index (χ0) is 14.6. The van der Waals surface area contributed by atoms with Crippen LogP contribution < -0.4 is 5.32 Å². The quantitative estimate of drug-likeness (QED) is 0.431. The van der Waals surface area contributed by atoms with Gasteiger partial charge in [0.05, 0.1) is 0 Å². The lowest BCUT2D eigenvalue weighted by atomic mass is 10.1. The van der Waals surface area contributed by atoms with E-state index >= 15 is 0 Å². The Balaban J connectivity index is 2.25. The van der Waals surface area contributed by atoms with Crippen molar-refractivity contribution in [2.45, 2.75) is 70.2 Å². The van der Waals surface area contributed by atoms with Gasteiger partial charge in [0.2, 0.25) is 0 Å². The van der Waals surface area contributed by atoms with E-state index in [9.17, 15) is 0 Å². The van der Waals surface area contributed by atoms with E-state index in [4.69, 9.17) is 0 Å². The zero-order valence-electron chi connectivity index (χ0n) is 13.5. The molecule has 0 heterocycles. The fourth-order valence-electron chi connectivity index (χ4n) is 2.36. The van der Waals surface area contributed by atoms with Crippen LogP contribution in [0.25, 0.3) is 0 Å². The smallest absolute Gasteiger partial charge is 0.0161 e. The monoisotopic (exact) mass is 293 g/mol. The number of hydrogen-bond donors (Lipinski definition) is 1. The average Bonchev–Trinajstić information content (AvgIpc) is 2.46. The molecule has 1 nitrogen and oxygen atoms in total. The first-order valence-electron chi connectivity index (χ1n) is 8.19. The van der Waals surface area contributed by atoms with Crippen molar-refractivity contribution in [1.29, 1.82) is 0 Å². The molecule has 0 spiro atoms. The second-order valence-electron chi connectivity index (χ2n) is 5.58. The Bertz CT molecular complexity index is 334. The molecule has 0 fully saturated rings. The number of hydrogen-bond acceptors (Lipinski definition) is 2. The summed E-state index contributed by atoms with van der Waals surface area (Å²) in [5.41, 5.74) is 1.34. The maximum absolute atomic E-state index is 3.63. The Kier molecular flexibility index (Phi) is 9.86. The van der Waals surface area contributed by atoms with Gasteiger partial charge in [-0.05, 0) is 32.0 Å². The van der Waals surface area contributed by atoms with Crippen LogP contribution in [0.1, 0.15) is 57.9 Å². The summed E-state index contributed by atoms with van der Waals surface area (Å²) in [4.78, 5) is 1.39. The summed E-state index contributed by atoms with van der Waals surface area (Å²) < 4.78 is 0. The third-order valence-electron chi connectivity index (χ3n) is 3.62. The molecule has 1 unspecified atom stereocenters. The van der Waals surface area contributed by atoms with Crippen molar-refractivity contribution in [2.24, 2.45) is 0 Å². The van der Waals surface area contributed by atoms with Crippen LogP contribution in [0.15, 0.2) is 29.2 Å². The van der Waals surface area contributed by atoms with Gasteiger partial charge in [-0.1, -0.05) is 63.6 Å². The van der Waals surface area contributed by atoms with Crippen LogP contribution in [-0.2, 0) is 0 Å². The minimum Gasteiger partial charge on any atom is -0.313 e. The summed E-state index contributed by atoms with van der Waals surface area (Å²) in [6, 6.07) is 9.55. The number of unbranched alkanes of at least 4 members (excludes halogenated alkanes) is 4. The number of aryl methyl sites for hydroxylation is 1. The molecule has 2 heteroatoms. The predicted molar refractivity (Wildman–Crippen MR) is 92.7 cm³/mol. The van der Waals surface area contributed by atoms with Crippen LogP contribution in [0, 0.1) is 6.92 Å². The largest absolute Gasteiger partial charge is 0.313 e. The summed E-state index contributed by atoms with van der Waals surface area (Å²) in [6.45, 7) is 7.71. The predicted octanol–water partition coefficient (Wildman–Crippen LogP) is 5.43. The van der Waals surface area contributed by atoms with E-state index in [2.05, 4.69) is 50.4 Å². The van der Waals surface area contributed by atoms with Gasteiger partial charge in [-0.15, -0.1) is 11.8 Å². The van der Waals surface area contributed by atoms with Gasteiger partial charge in [0.15, 0.2) is 0 Å². The molecule has 0 aliphatic rings.